The molecule has 1 N–H and O–H groups in total. The number of hydrogen-bond donors (Lipinski definition) is 1. The highest BCUT2D eigenvalue weighted by Gasteiger charge is 2.07. The van der Waals surface area contributed by atoms with Gasteiger partial charge in [0.1, 0.15) is 0 Å². The predicted octanol–water partition coefficient (Wildman–Crippen LogP) is 3.86. The van der Waals surface area contributed by atoms with E-state index in [1.807, 2.05) is 26.1 Å². The molecule has 80 valence electrons. The Balaban J connectivity index is 2.35. The average molecular weight is 268 g/mol. The Morgan fingerprint density at radius 1 is 1.40 bits per heavy atom. The number of halogens is 1. The van der Waals surface area contributed by atoms with Crippen molar-refractivity contribution in [1.82, 2.24) is 4.98 Å². The van der Waals surface area contributed by atoms with Crippen molar-refractivity contribution in [2.24, 2.45) is 0 Å². The van der Waals surface area contributed by atoms with Crippen LogP contribution >= 0.6 is 15.9 Å². The summed E-state index contributed by atoms with van der Waals surface area (Å²) in [6.07, 6.45) is 2.27. The van der Waals surface area contributed by atoms with Crippen LogP contribution < -0.4 is 0 Å². The number of hydrogen-bond acceptors (Lipinski definition) is 1. The van der Waals surface area contributed by atoms with Crippen LogP contribution in [-0.4, -0.2) is 11.1 Å². The molecule has 2 aromatic rings. The molecule has 1 aromatic carbocycles. The van der Waals surface area contributed by atoms with E-state index in [2.05, 4.69) is 33.0 Å². The monoisotopic (exact) mass is 267 g/mol. The van der Waals surface area contributed by atoms with Crippen LogP contribution in [0.4, 0.5) is 0 Å². The highest BCUT2D eigenvalue weighted by Crippen LogP contribution is 2.27. The average Bonchev–Trinajstić information content (AvgIpc) is 2.59. The molecule has 1 heterocycles. The molecule has 0 unspecified atom stereocenters. The van der Waals surface area contributed by atoms with Gasteiger partial charge in [-0.25, -0.2) is 0 Å². The molecular weight excluding hydrogens is 254 g/mol. The van der Waals surface area contributed by atoms with Gasteiger partial charge in [0.05, 0.1) is 12.7 Å². The van der Waals surface area contributed by atoms with Crippen LogP contribution in [0.5, 0.6) is 0 Å². The van der Waals surface area contributed by atoms with Crippen LogP contribution in [0, 0.1) is 0 Å². The van der Waals surface area contributed by atoms with Gasteiger partial charge in [0.25, 0.3) is 0 Å². The fraction of sp³-hybridized carbons (Fsp3) is 0.333. The molecule has 0 saturated heterocycles. The van der Waals surface area contributed by atoms with E-state index in [0.29, 0.717) is 6.61 Å². The molecule has 0 aliphatic rings. The third kappa shape index (κ3) is 2.24. The summed E-state index contributed by atoms with van der Waals surface area (Å²) in [5.74, 6) is 0. The van der Waals surface area contributed by atoms with Crippen molar-refractivity contribution in [3.63, 3.8) is 0 Å². The lowest BCUT2D eigenvalue weighted by atomic mass is 10.2. The first-order chi connectivity index (χ1) is 7.18. The van der Waals surface area contributed by atoms with E-state index in [4.69, 9.17) is 4.74 Å². The molecule has 2 nitrogen and oxygen atoms in total. The van der Waals surface area contributed by atoms with Gasteiger partial charge in [0.2, 0.25) is 0 Å². The van der Waals surface area contributed by atoms with Gasteiger partial charge >= 0.3 is 0 Å². The number of fused-ring (bicyclic) bond motifs is 1. The van der Waals surface area contributed by atoms with E-state index < -0.39 is 0 Å². The molecule has 0 aliphatic heterocycles. The van der Waals surface area contributed by atoms with Crippen molar-refractivity contribution in [1.29, 1.82) is 0 Å². The largest absolute Gasteiger partial charge is 0.374 e. The minimum atomic E-state index is 0.262. The molecule has 0 radical (unpaired) electrons. The summed E-state index contributed by atoms with van der Waals surface area (Å²) in [4.78, 5) is 3.24. The second-order valence-electron chi connectivity index (χ2n) is 3.84. The smallest absolute Gasteiger partial charge is 0.0741 e. The molecule has 0 fully saturated rings. The van der Waals surface area contributed by atoms with Crippen LogP contribution in [-0.2, 0) is 11.3 Å². The third-order valence-electron chi connectivity index (χ3n) is 2.31. The van der Waals surface area contributed by atoms with Crippen molar-refractivity contribution in [2.45, 2.75) is 26.6 Å². The highest BCUT2D eigenvalue weighted by atomic mass is 79.9. The van der Waals surface area contributed by atoms with Gasteiger partial charge in [0, 0.05) is 27.1 Å². The zero-order valence-corrected chi connectivity index (χ0v) is 10.5. The van der Waals surface area contributed by atoms with Crippen LogP contribution in [0.15, 0.2) is 28.9 Å². The standard InChI is InChI=1S/C12H14BrNO/c1-8(2)15-7-9-6-14-11-5-3-4-10(13)12(9)11/h3-6,8,14H,7H2,1-2H3. The second kappa shape index (κ2) is 4.37. The maximum atomic E-state index is 5.61. The fourth-order valence-electron chi connectivity index (χ4n) is 1.58. The number of H-pyrrole nitrogens is 1. The van der Waals surface area contributed by atoms with Gasteiger partial charge in [-0.2, -0.15) is 0 Å². The lowest BCUT2D eigenvalue weighted by Gasteiger charge is -2.06. The first kappa shape index (κ1) is 10.7. The Morgan fingerprint density at radius 2 is 2.20 bits per heavy atom. The van der Waals surface area contributed by atoms with Crippen LogP contribution in [0.2, 0.25) is 0 Å². The molecular formula is C12H14BrNO. The SMILES string of the molecule is CC(C)OCc1c[nH]c2cccc(Br)c12. The first-order valence-electron chi connectivity index (χ1n) is 5.04. The zero-order valence-electron chi connectivity index (χ0n) is 8.88. The summed E-state index contributed by atoms with van der Waals surface area (Å²) in [7, 11) is 0. The number of aromatic nitrogens is 1. The normalized spacial score (nSPS) is 11.5. The number of benzene rings is 1. The minimum absolute atomic E-state index is 0.262. The molecule has 3 heteroatoms. The lowest BCUT2D eigenvalue weighted by Crippen LogP contribution is -2.01. The first-order valence-corrected chi connectivity index (χ1v) is 5.84. The van der Waals surface area contributed by atoms with Gasteiger partial charge in [-0.3, -0.25) is 0 Å². The Kier molecular flexibility index (Phi) is 3.12. The van der Waals surface area contributed by atoms with Crippen LogP contribution in [0.25, 0.3) is 10.9 Å². The summed E-state index contributed by atoms with van der Waals surface area (Å²) in [6, 6.07) is 6.14. The second-order valence-corrected chi connectivity index (χ2v) is 4.69. The van der Waals surface area contributed by atoms with Gasteiger partial charge in [-0.05, 0) is 26.0 Å². The Labute approximate surface area is 97.8 Å². The van der Waals surface area contributed by atoms with E-state index in [1.54, 1.807) is 0 Å². The van der Waals surface area contributed by atoms with E-state index in [9.17, 15) is 0 Å². The fourth-order valence-corrected chi connectivity index (χ4v) is 2.20. The summed E-state index contributed by atoms with van der Waals surface area (Å²) in [6.45, 7) is 4.74. The Hall–Kier alpha value is -0.800. The third-order valence-corrected chi connectivity index (χ3v) is 2.97. The summed E-state index contributed by atoms with van der Waals surface area (Å²) in [5.41, 5.74) is 2.35. The molecule has 0 atom stereocenters. The van der Waals surface area contributed by atoms with E-state index in [1.165, 1.54) is 10.9 Å². The molecule has 0 saturated carbocycles. The van der Waals surface area contributed by atoms with E-state index in [-0.39, 0.29) is 6.10 Å². The molecule has 0 spiro atoms. The molecule has 15 heavy (non-hydrogen) atoms. The van der Waals surface area contributed by atoms with Gasteiger partial charge in [0.15, 0.2) is 0 Å². The highest BCUT2D eigenvalue weighted by molar-refractivity contribution is 9.10. The molecule has 0 amide bonds. The van der Waals surface area contributed by atoms with Crippen molar-refractivity contribution >= 4 is 26.8 Å². The quantitative estimate of drug-likeness (QED) is 0.898. The number of rotatable bonds is 3. The Bertz CT molecular complexity index is 462. The lowest BCUT2D eigenvalue weighted by molar-refractivity contribution is 0.0664. The summed E-state index contributed by atoms with van der Waals surface area (Å²) < 4.78 is 6.72. The van der Waals surface area contributed by atoms with E-state index >= 15 is 0 Å². The maximum absolute atomic E-state index is 5.61. The predicted molar refractivity (Wildman–Crippen MR) is 65.9 cm³/mol. The van der Waals surface area contributed by atoms with Crippen molar-refractivity contribution < 1.29 is 4.74 Å². The molecule has 1 aromatic heterocycles. The van der Waals surface area contributed by atoms with Gasteiger partial charge < -0.3 is 9.72 Å². The minimum Gasteiger partial charge on any atom is -0.374 e. The van der Waals surface area contributed by atoms with Crippen molar-refractivity contribution in [3.05, 3.63) is 34.4 Å². The van der Waals surface area contributed by atoms with Crippen molar-refractivity contribution in [3.8, 4) is 0 Å². The van der Waals surface area contributed by atoms with E-state index in [0.717, 1.165) is 9.99 Å². The molecule has 0 aliphatic carbocycles. The topological polar surface area (TPSA) is 25.0 Å². The maximum Gasteiger partial charge on any atom is 0.0741 e. The molecule has 2 rings (SSSR count). The van der Waals surface area contributed by atoms with Gasteiger partial charge in [-0.15, -0.1) is 0 Å². The van der Waals surface area contributed by atoms with Crippen LogP contribution in [0.3, 0.4) is 0 Å². The molecule has 0 bridgehead atoms. The summed E-state index contributed by atoms with van der Waals surface area (Å²) >= 11 is 3.56. The van der Waals surface area contributed by atoms with Crippen LogP contribution in [0.1, 0.15) is 19.4 Å². The Morgan fingerprint density at radius 3 is 2.93 bits per heavy atom. The number of nitrogens with one attached hydrogen (secondary N) is 1. The number of aromatic amines is 1. The number of ether oxygens (including phenoxy) is 1. The van der Waals surface area contributed by atoms with Gasteiger partial charge in [-0.1, -0.05) is 22.0 Å². The van der Waals surface area contributed by atoms with Crippen molar-refractivity contribution in [2.75, 3.05) is 0 Å². The summed E-state index contributed by atoms with van der Waals surface area (Å²) in [5, 5.41) is 1.22. The zero-order chi connectivity index (χ0) is 10.8.